The number of rotatable bonds is 15. The van der Waals surface area contributed by atoms with Crippen molar-refractivity contribution < 1.29 is 99.5 Å². The molecular formula is C43H39F5N2O16. The minimum absolute atomic E-state index is 0.00641. The van der Waals surface area contributed by atoms with Gasteiger partial charge in [0.1, 0.15) is 47.2 Å². The summed E-state index contributed by atoms with van der Waals surface area (Å²) in [5.74, 6) is -16.8. The van der Waals surface area contributed by atoms with E-state index in [1.54, 1.807) is 38.1 Å². The van der Waals surface area contributed by atoms with E-state index in [4.69, 9.17) is 39.2 Å². The fraction of sp³-hybridized carbons (Fsp3) is 0.279. The van der Waals surface area contributed by atoms with Gasteiger partial charge in [-0.15, -0.1) is 10.1 Å². The fourth-order valence-corrected chi connectivity index (χ4v) is 5.13. The van der Waals surface area contributed by atoms with Crippen molar-refractivity contribution >= 4 is 41.5 Å². The maximum absolute atomic E-state index is 13.3. The Kier molecular flexibility index (Phi) is 18.1. The number of aromatic hydroxyl groups is 3. The first-order chi connectivity index (χ1) is 31.2. The molecule has 4 aromatic rings. The van der Waals surface area contributed by atoms with Gasteiger partial charge in [-0.05, 0) is 86.6 Å². The largest absolute Gasteiger partial charge is 0.508 e. The Morgan fingerprint density at radius 2 is 0.955 bits per heavy atom. The van der Waals surface area contributed by atoms with Crippen LogP contribution in [0.3, 0.4) is 0 Å². The zero-order chi connectivity index (χ0) is 48.7. The van der Waals surface area contributed by atoms with Crippen LogP contribution in [0.25, 0.3) is 0 Å². The number of benzene rings is 4. The number of ether oxygens (including phenoxy) is 4. The van der Waals surface area contributed by atoms with Crippen LogP contribution in [0.2, 0.25) is 0 Å². The maximum Gasteiger partial charge on any atom is 0.339 e. The summed E-state index contributed by atoms with van der Waals surface area (Å²) in [6, 6.07) is 17.5. The highest BCUT2D eigenvalue weighted by atomic mass is 19.2. The molecule has 2 aliphatic heterocycles. The predicted molar refractivity (Wildman–Crippen MR) is 210 cm³/mol. The van der Waals surface area contributed by atoms with Crippen LogP contribution in [0.15, 0.2) is 72.8 Å². The number of phenols is 3. The molecule has 0 radical (unpaired) electrons. The van der Waals surface area contributed by atoms with Gasteiger partial charge in [0.15, 0.2) is 0 Å². The molecule has 2 aliphatic rings. The average molecular weight is 935 g/mol. The summed E-state index contributed by atoms with van der Waals surface area (Å²) in [5, 5.41) is 28.4. The molecule has 2 unspecified atom stereocenters. The van der Waals surface area contributed by atoms with Crippen LogP contribution in [0, 0.1) is 35.0 Å². The summed E-state index contributed by atoms with van der Waals surface area (Å²) in [6.45, 7) is 2.97. The smallest absolute Gasteiger partial charge is 0.339 e. The molecule has 3 N–H and O–H groups in total. The van der Waals surface area contributed by atoms with E-state index in [9.17, 15) is 55.5 Å². The normalized spacial score (nSPS) is 14.0. The molecule has 0 aromatic heterocycles. The van der Waals surface area contributed by atoms with Crippen molar-refractivity contribution in [2.24, 2.45) is 5.92 Å². The highest BCUT2D eigenvalue weighted by Crippen LogP contribution is 2.29. The quantitative estimate of drug-likeness (QED) is 0.0327. The predicted octanol–water partition coefficient (Wildman–Crippen LogP) is 5.63. The number of carbonyl (C=O) groups excluding carboxylic acids is 7. The monoisotopic (exact) mass is 934 g/mol. The summed E-state index contributed by atoms with van der Waals surface area (Å²) >= 11 is 0. The van der Waals surface area contributed by atoms with E-state index in [0.29, 0.717) is 21.6 Å². The lowest BCUT2D eigenvalue weighted by atomic mass is 10.2. The highest BCUT2D eigenvalue weighted by Gasteiger charge is 2.35. The number of hydrogen-bond donors (Lipinski definition) is 3. The summed E-state index contributed by atoms with van der Waals surface area (Å²) in [4.78, 5) is 89.7. The van der Waals surface area contributed by atoms with Gasteiger partial charge in [-0.25, -0.2) is 22.8 Å². The lowest BCUT2D eigenvalue weighted by molar-refractivity contribution is -0.200. The van der Waals surface area contributed by atoms with Crippen molar-refractivity contribution in [1.82, 2.24) is 10.1 Å². The third kappa shape index (κ3) is 14.8. The molecule has 2 atom stereocenters. The topological polar surface area (TPSA) is 242 Å². The minimum atomic E-state index is -2.35. The van der Waals surface area contributed by atoms with Crippen LogP contribution >= 0.6 is 0 Å². The molecular weight excluding hydrogens is 895 g/mol. The van der Waals surface area contributed by atoms with Crippen molar-refractivity contribution in [3.63, 3.8) is 0 Å². The molecule has 6 rings (SSSR count). The molecule has 2 heterocycles. The van der Waals surface area contributed by atoms with Gasteiger partial charge >= 0.3 is 17.9 Å². The molecule has 0 aliphatic carbocycles. The lowest BCUT2D eigenvalue weighted by Crippen LogP contribution is -2.35. The van der Waals surface area contributed by atoms with Gasteiger partial charge in [0.25, 0.3) is 23.6 Å². The Labute approximate surface area is 370 Å². The first kappa shape index (κ1) is 50.7. The second-order valence-electron chi connectivity index (χ2n) is 13.8. The Morgan fingerprint density at radius 3 is 1.41 bits per heavy atom. The minimum Gasteiger partial charge on any atom is -0.508 e. The molecule has 2 fully saturated rings. The Balaban J connectivity index is 0.000000217. The van der Waals surface area contributed by atoms with E-state index in [0.717, 1.165) is 0 Å². The second kappa shape index (κ2) is 23.6. The molecule has 4 aromatic carbocycles. The Hall–Kier alpha value is -7.98. The number of imide groups is 2. The van der Waals surface area contributed by atoms with Crippen LogP contribution in [0.5, 0.6) is 40.2 Å². The molecule has 2 saturated heterocycles. The van der Waals surface area contributed by atoms with E-state index in [-0.39, 0.29) is 68.3 Å². The van der Waals surface area contributed by atoms with E-state index in [1.165, 1.54) is 48.5 Å². The van der Waals surface area contributed by atoms with Crippen LogP contribution < -0.4 is 18.9 Å². The number of carbonyl (C=O) groups is 7. The Bertz CT molecular complexity index is 2340. The molecule has 4 amide bonds. The highest BCUT2D eigenvalue weighted by molar-refractivity contribution is 6.02. The zero-order valence-corrected chi connectivity index (χ0v) is 34.7. The number of phenolic OH excluding ortho intramolecular Hbond substituents is 3. The number of hydroxylamine groups is 4. The van der Waals surface area contributed by atoms with Crippen molar-refractivity contribution in [3.8, 4) is 40.2 Å². The van der Waals surface area contributed by atoms with Crippen LogP contribution in [-0.4, -0.2) is 86.3 Å². The van der Waals surface area contributed by atoms with E-state index >= 15 is 0 Å². The first-order valence-corrected chi connectivity index (χ1v) is 19.4. The van der Waals surface area contributed by atoms with Crippen LogP contribution in [-0.2, 0) is 43.2 Å². The number of esters is 1. The number of nitrogens with zero attached hydrogens (tertiary/aromatic N) is 2. The van der Waals surface area contributed by atoms with Gasteiger partial charge in [-0.2, -0.15) is 8.78 Å². The summed E-state index contributed by atoms with van der Waals surface area (Å²) < 4.78 is 85.5. The zero-order valence-electron chi connectivity index (χ0n) is 34.7. The third-order valence-electron chi connectivity index (χ3n) is 8.55. The standard InChI is InChI=1S/C15H9F5O4.2C14H15NO6/c16-10-11(17)13(19)15(14(20)12(10)18)24-9(22)5-6-23-8-3-1-7(21)2-4-8;1-9(8-20-11-4-2-10(16)3-5-11)14(19)21-15-12(17)6-7-13(15)18;1-9(20-11-4-2-10(16)3-5-11)8-14(19)21-15-12(17)6-7-13(15)18/h1-4,21H,5-6H2;2*2-5,9,16H,6-8H2,1H3. The van der Waals surface area contributed by atoms with Gasteiger partial charge < -0.3 is 43.9 Å². The van der Waals surface area contributed by atoms with E-state index in [1.807, 2.05) is 0 Å². The van der Waals surface area contributed by atoms with Crippen LogP contribution in [0.4, 0.5) is 22.0 Å². The molecule has 66 heavy (non-hydrogen) atoms. The van der Waals surface area contributed by atoms with E-state index < -0.39 is 94.8 Å². The van der Waals surface area contributed by atoms with Crippen molar-refractivity contribution in [2.45, 2.75) is 58.5 Å². The molecule has 352 valence electrons. The van der Waals surface area contributed by atoms with Gasteiger partial charge in [-0.1, -0.05) is 0 Å². The van der Waals surface area contributed by atoms with Gasteiger partial charge in [0, 0.05) is 25.7 Å². The molecule has 18 nitrogen and oxygen atoms in total. The second-order valence-corrected chi connectivity index (χ2v) is 13.8. The van der Waals surface area contributed by atoms with Crippen LogP contribution in [0.1, 0.15) is 52.4 Å². The number of halogens is 5. The van der Waals surface area contributed by atoms with Crippen molar-refractivity contribution in [3.05, 3.63) is 102 Å². The van der Waals surface area contributed by atoms with Gasteiger partial charge in [0.2, 0.25) is 34.8 Å². The molecule has 23 heteroatoms. The summed E-state index contributed by atoms with van der Waals surface area (Å²) in [7, 11) is 0. The fourth-order valence-electron chi connectivity index (χ4n) is 5.13. The third-order valence-corrected chi connectivity index (χ3v) is 8.55. The SMILES string of the molecule is CC(CC(=O)ON1C(=O)CCC1=O)Oc1ccc(O)cc1.CC(COc1ccc(O)cc1)C(=O)ON1C(=O)CCC1=O.O=C(CCOc1ccc(O)cc1)Oc1c(F)c(F)c(F)c(F)c1F. The van der Waals surface area contributed by atoms with Gasteiger partial charge in [0.05, 0.1) is 25.4 Å². The number of hydrogen-bond acceptors (Lipinski definition) is 16. The van der Waals surface area contributed by atoms with E-state index in [2.05, 4.69) is 4.74 Å². The molecule has 0 spiro atoms. The number of amides is 4. The first-order valence-electron chi connectivity index (χ1n) is 19.4. The summed E-state index contributed by atoms with van der Waals surface area (Å²) in [6.07, 6.45) is -0.889. The lowest BCUT2D eigenvalue weighted by Gasteiger charge is -2.16. The average Bonchev–Trinajstić information content (AvgIpc) is 3.78. The maximum atomic E-state index is 13.3. The Morgan fingerprint density at radius 1 is 0.561 bits per heavy atom. The van der Waals surface area contributed by atoms with Crippen molar-refractivity contribution in [2.75, 3.05) is 13.2 Å². The molecule has 0 bridgehead atoms. The molecule has 0 saturated carbocycles. The van der Waals surface area contributed by atoms with Crippen molar-refractivity contribution in [1.29, 1.82) is 0 Å². The van der Waals surface area contributed by atoms with Gasteiger partial charge in [-0.3, -0.25) is 24.0 Å². The summed E-state index contributed by atoms with van der Waals surface area (Å²) in [5.41, 5.74) is 0.